The van der Waals surface area contributed by atoms with Gasteiger partial charge in [0.15, 0.2) is 0 Å². The van der Waals surface area contributed by atoms with Gasteiger partial charge in [0.2, 0.25) is 0 Å². The molecular formula is C11H10Cl2N2O2. The average molecular weight is 273 g/mol. The number of rotatable bonds is 2. The number of aromatic amines is 1. The SMILES string of the molecule is CCOC(=O)c1[nH]c2cc(Cl)cc(Cl)c2c1N. The minimum Gasteiger partial charge on any atom is -0.461 e. The maximum atomic E-state index is 11.6. The number of ether oxygens (including phenoxy) is 1. The summed E-state index contributed by atoms with van der Waals surface area (Å²) in [5.74, 6) is -0.506. The smallest absolute Gasteiger partial charge is 0.356 e. The fraction of sp³-hybridized carbons (Fsp3) is 0.182. The maximum Gasteiger partial charge on any atom is 0.356 e. The molecule has 0 fully saturated rings. The number of anilines is 1. The van der Waals surface area contributed by atoms with Crippen LogP contribution in [0, 0.1) is 0 Å². The Morgan fingerprint density at radius 1 is 1.47 bits per heavy atom. The molecule has 1 aromatic heterocycles. The van der Waals surface area contributed by atoms with Crippen molar-refractivity contribution in [2.45, 2.75) is 6.92 Å². The molecule has 2 aromatic rings. The summed E-state index contributed by atoms with van der Waals surface area (Å²) in [4.78, 5) is 14.5. The zero-order valence-electron chi connectivity index (χ0n) is 9.01. The van der Waals surface area contributed by atoms with Crippen molar-refractivity contribution in [1.82, 2.24) is 4.98 Å². The summed E-state index contributed by atoms with van der Waals surface area (Å²) >= 11 is 11.9. The zero-order chi connectivity index (χ0) is 12.6. The van der Waals surface area contributed by atoms with E-state index in [2.05, 4.69) is 4.98 Å². The van der Waals surface area contributed by atoms with Crippen LogP contribution in [0.4, 0.5) is 5.69 Å². The second-order valence-corrected chi connectivity index (χ2v) is 4.29. The molecule has 0 atom stereocenters. The molecule has 4 nitrogen and oxygen atoms in total. The Morgan fingerprint density at radius 2 is 2.18 bits per heavy atom. The third-order valence-electron chi connectivity index (χ3n) is 2.33. The first-order valence-corrected chi connectivity index (χ1v) is 5.73. The van der Waals surface area contributed by atoms with E-state index in [1.54, 1.807) is 19.1 Å². The second-order valence-electron chi connectivity index (χ2n) is 3.44. The third-order valence-corrected chi connectivity index (χ3v) is 2.85. The number of aromatic nitrogens is 1. The van der Waals surface area contributed by atoms with Crippen LogP contribution in [0.15, 0.2) is 12.1 Å². The van der Waals surface area contributed by atoms with Crippen molar-refractivity contribution >= 4 is 45.8 Å². The molecule has 0 aliphatic heterocycles. The molecule has 3 N–H and O–H groups in total. The summed E-state index contributed by atoms with van der Waals surface area (Å²) in [6.45, 7) is 2.00. The van der Waals surface area contributed by atoms with Crippen LogP contribution in [0.3, 0.4) is 0 Å². The Balaban J connectivity index is 2.64. The van der Waals surface area contributed by atoms with Crippen LogP contribution in [0.25, 0.3) is 10.9 Å². The lowest BCUT2D eigenvalue weighted by Gasteiger charge is -1.99. The molecule has 17 heavy (non-hydrogen) atoms. The van der Waals surface area contributed by atoms with Gasteiger partial charge < -0.3 is 15.5 Å². The number of benzene rings is 1. The molecule has 1 aromatic carbocycles. The summed E-state index contributed by atoms with van der Waals surface area (Å²) in [5.41, 5.74) is 6.95. The number of halogens is 2. The van der Waals surface area contributed by atoms with E-state index in [1.807, 2.05) is 0 Å². The third kappa shape index (κ3) is 2.06. The lowest BCUT2D eigenvalue weighted by atomic mass is 10.2. The topological polar surface area (TPSA) is 68.1 Å². The Hall–Kier alpha value is -1.39. The molecule has 0 aliphatic carbocycles. The summed E-state index contributed by atoms with van der Waals surface area (Å²) in [7, 11) is 0. The summed E-state index contributed by atoms with van der Waals surface area (Å²) in [5, 5.41) is 1.45. The number of nitrogen functional groups attached to an aromatic ring is 1. The fourth-order valence-electron chi connectivity index (χ4n) is 1.64. The van der Waals surface area contributed by atoms with Gasteiger partial charge in [-0.2, -0.15) is 0 Å². The summed E-state index contributed by atoms with van der Waals surface area (Å²) in [6.07, 6.45) is 0. The molecule has 2 rings (SSSR count). The summed E-state index contributed by atoms with van der Waals surface area (Å²) in [6, 6.07) is 3.23. The van der Waals surface area contributed by atoms with Crippen LogP contribution in [-0.4, -0.2) is 17.6 Å². The molecule has 0 saturated heterocycles. The standard InChI is InChI=1S/C11H10Cl2N2O2/c1-2-17-11(16)10-9(14)8-6(13)3-5(12)4-7(8)15-10/h3-4,15H,2,14H2,1H3. The van der Waals surface area contributed by atoms with Gasteiger partial charge in [-0.15, -0.1) is 0 Å². The highest BCUT2D eigenvalue weighted by Crippen LogP contribution is 2.34. The molecule has 0 amide bonds. The maximum absolute atomic E-state index is 11.6. The first-order valence-electron chi connectivity index (χ1n) is 4.98. The van der Waals surface area contributed by atoms with Crippen molar-refractivity contribution in [2.75, 3.05) is 12.3 Å². The van der Waals surface area contributed by atoms with Crippen molar-refractivity contribution in [3.63, 3.8) is 0 Å². The molecule has 90 valence electrons. The van der Waals surface area contributed by atoms with E-state index >= 15 is 0 Å². The average Bonchev–Trinajstić information content (AvgIpc) is 2.56. The number of nitrogens with one attached hydrogen (secondary N) is 1. The highest BCUT2D eigenvalue weighted by atomic mass is 35.5. The number of H-pyrrole nitrogens is 1. The van der Waals surface area contributed by atoms with Gasteiger partial charge in [-0.3, -0.25) is 0 Å². The quantitative estimate of drug-likeness (QED) is 0.825. The molecule has 0 aliphatic rings. The van der Waals surface area contributed by atoms with E-state index in [1.165, 1.54) is 0 Å². The number of esters is 1. The van der Waals surface area contributed by atoms with E-state index < -0.39 is 5.97 Å². The van der Waals surface area contributed by atoms with Crippen molar-refractivity contribution < 1.29 is 9.53 Å². The Bertz CT molecular complexity index is 593. The lowest BCUT2D eigenvalue weighted by Crippen LogP contribution is -2.07. The molecule has 0 radical (unpaired) electrons. The molecule has 6 heteroatoms. The van der Waals surface area contributed by atoms with Crippen LogP contribution < -0.4 is 5.73 Å². The van der Waals surface area contributed by atoms with Gasteiger partial charge in [-0.25, -0.2) is 4.79 Å². The van der Waals surface area contributed by atoms with Gasteiger partial charge >= 0.3 is 5.97 Å². The van der Waals surface area contributed by atoms with E-state index in [-0.39, 0.29) is 18.0 Å². The Morgan fingerprint density at radius 3 is 2.82 bits per heavy atom. The number of hydrogen-bond acceptors (Lipinski definition) is 3. The monoisotopic (exact) mass is 272 g/mol. The number of nitrogens with two attached hydrogens (primary N) is 1. The van der Waals surface area contributed by atoms with E-state index in [0.717, 1.165) is 0 Å². The van der Waals surface area contributed by atoms with E-state index in [9.17, 15) is 4.79 Å². The van der Waals surface area contributed by atoms with Gasteiger partial charge in [-0.1, -0.05) is 23.2 Å². The number of hydrogen-bond donors (Lipinski definition) is 2. The lowest BCUT2D eigenvalue weighted by molar-refractivity contribution is 0.0522. The molecule has 0 spiro atoms. The molecule has 0 bridgehead atoms. The van der Waals surface area contributed by atoms with Crippen LogP contribution in [-0.2, 0) is 4.74 Å². The van der Waals surface area contributed by atoms with Gasteiger partial charge in [0.1, 0.15) is 5.69 Å². The van der Waals surface area contributed by atoms with Crippen LogP contribution in [0.1, 0.15) is 17.4 Å². The predicted octanol–water partition coefficient (Wildman–Crippen LogP) is 3.23. The fourth-order valence-corrected chi connectivity index (χ4v) is 2.23. The highest BCUT2D eigenvalue weighted by Gasteiger charge is 2.18. The molecule has 1 heterocycles. The first-order chi connectivity index (χ1) is 8.04. The van der Waals surface area contributed by atoms with Crippen LogP contribution >= 0.6 is 23.2 Å². The van der Waals surface area contributed by atoms with Crippen molar-refractivity contribution in [1.29, 1.82) is 0 Å². The summed E-state index contributed by atoms with van der Waals surface area (Å²) < 4.78 is 4.88. The van der Waals surface area contributed by atoms with E-state index in [0.29, 0.717) is 20.9 Å². The number of carbonyl (C=O) groups is 1. The van der Waals surface area contributed by atoms with Crippen molar-refractivity contribution in [3.05, 3.63) is 27.9 Å². The minimum atomic E-state index is -0.506. The van der Waals surface area contributed by atoms with E-state index in [4.69, 9.17) is 33.7 Å². The number of fused-ring (bicyclic) bond motifs is 1. The van der Waals surface area contributed by atoms with Gasteiger partial charge in [0.05, 0.1) is 22.8 Å². The first kappa shape index (κ1) is 12.1. The van der Waals surface area contributed by atoms with Crippen LogP contribution in [0.2, 0.25) is 10.0 Å². The molecule has 0 saturated carbocycles. The number of carbonyl (C=O) groups excluding carboxylic acids is 1. The Labute approximate surface area is 108 Å². The van der Waals surface area contributed by atoms with Gasteiger partial charge in [0, 0.05) is 10.4 Å². The van der Waals surface area contributed by atoms with Gasteiger partial charge in [-0.05, 0) is 19.1 Å². The van der Waals surface area contributed by atoms with Crippen LogP contribution in [0.5, 0.6) is 0 Å². The second kappa shape index (κ2) is 4.47. The normalized spacial score (nSPS) is 10.8. The molecule has 0 unspecified atom stereocenters. The minimum absolute atomic E-state index is 0.200. The Kier molecular flexibility index (Phi) is 3.17. The highest BCUT2D eigenvalue weighted by molar-refractivity contribution is 6.39. The van der Waals surface area contributed by atoms with Crippen molar-refractivity contribution in [2.24, 2.45) is 0 Å². The van der Waals surface area contributed by atoms with Crippen molar-refractivity contribution in [3.8, 4) is 0 Å². The van der Waals surface area contributed by atoms with Gasteiger partial charge in [0.25, 0.3) is 0 Å². The molecular weight excluding hydrogens is 263 g/mol. The predicted molar refractivity (Wildman–Crippen MR) is 68.7 cm³/mol. The zero-order valence-corrected chi connectivity index (χ0v) is 10.5. The largest absolute Gasteiger partial charge is 0.461 e.